The lowest BCUT2D eigenvalue weighted by Crippen LogP contribution is -2.30. The van der Waals surface area contributed by atoms with Gasteiger partial charge in [0.15, 0.2) is 5.65 Å². The first-order chi connectivity index (χ1) is 9.74. The maximum atomic E-state index is 4.33. The molecule has 0 aliphatic rings. The second kappa shape index (κ2) is 5.42. The zero-order valence-electron chi connectivity index (χ0n) is 11.7. The van der Waals surface area contributed by atoms with Gasteiger partial charge in [0.1, 0.15) is 5.82 Å². The Labute approximate surface area is 117 Å². The standard InChI is InChI=1S/C14H18N6/c1-11(10-19-5-4-16-12(19)2)17-7-13-8-18-14-9-15-3-6-20(13)14/h3-6,8-9,11,17H,7,10H2,1-2H3/t11-/m1/s1. The molecule has 0 saturated heterocycles. The lowest BCUT2D eigenvalue weighted by Gasteiger charge is -2.15. The fourth-order valence-corrected chi connectivity index (χ4v) is 2.26. The van der Waals surface area contributed by atoms with Crippen molar-refractivity contribution >= 4 is 5.65 Å². The molecule has 3 aromatic heterocycles. The monoisotopic (exact) mass is 270 g/mol. The summed E-state index contributed by atoms with van der Waals surface area (Å²) in [5, 5.41) is 3.51. The van der Waals surface area contributed by atoms with Crippen molar-refractivity contribution in [3.8, 4) is 0 Å². The zero-order valence-corrected chi connectivity index (χ0v) is 11.7. The number of aromatic nitrogens is 5. The smallest absolute Gasteiger partial charge is 0.155 e. The summed E-state index contributed by atoms with van der Waals surface area (Å²) in [6, 6.07) is 0.357. The summed E-state index contributed by atoms with van der Waals surface area (Å²) in [5.41, 5.74) is 2.01. The average Bonchev–Trinajstić information content (AvgIpc) is 3.04. The number of aryl methyl sites for hydroxylation is 1. The highest BCUT2D eigenvalue weighted by Gasteiger charge is 2.07. The molecule has 3 aromatic rings. The van der Waals surface area contributed by atoms with Crippen molar-refractivity contribution in [1.82, 2.24) is 29.2 Å². The number of nitrogens with one attached hydrogen (secondary N) is 1. The molecule has 0 aliphatic heterocycles. The molecule has 20 heavy (non-hydrogen) atoms. The van der Waals surface area contributed by atoms with Gasteiger partial charge in [0, 0.05) is 43.9 Å². The highest BCUT2D eigenvalue weighted by atomic mass is 15.1. The highest BCUT2D eigenvalue weighted by Crippen LogP contribution is 2.05. The maximum absolute atomic E-state index is 4.33. The van der Waals surface area contributed by atoms with Crippen molar-refractivity contribution < 1.29 is 0 Å². The first-order valence-corrected chi connectivity index (χ1v) is 6.71. The topological polar surface area (TPSA) is 60.0 Å². The van der Waals surface area contributed by atoms with Gasteiger partial charge in [-0.3, -0.25) is 9.38 Å². The molecule has 6 nitrogen and oxygen atoms in total. The van der Waals surface area contributed by atoms with E-state index in [1.54, 1.807) is 12.4 Å². The Bertz CT molecular complexity index is 698. The Morgan fingerprint density at radius 1 is 1.20 bits per heavy atom. The second-order valence-electron chi connectivity index (χ2n) is 4.96. The summed E-state index contributed by atoms with van der Waals surface area (Å²) >= 11 is 0. The fourth-order valence-electron chi connectivity index (χ4n) is 2.26. The summed E-state index contributed by atoms with van der Waals surface area (Å²) in [6.07, 6.45) is 11.2. The fraction of sp³-hybridized carbons (Fsp3) is 0.357. The van der Waals surface area contributed by atoms with Gasteiger partial charge in [-0.25, -0.2) is 9.97 Å². The van der Waals surface area contributed by atoms with Crippen LogP contribution in [0.25, 0.3) is 5.65 Å². The molecule has 0 spiro atoms. The quantitative estimate of drug-likeness (QED) is 0.761. The van der Waals surface area contributed by atoms with Crippen LogP contribution in [0.5, 0.6) is 0 Å². The molecule has 1 N–H and O–H groups in total. The van der Waals surface area contributed by atoms with Gasteiger partial charge in [-0.05, 0) is 13.8 Å². The van der Waals surface area contributed by atoms with Crippen molar-refractivity contribution in [2.45, 2.75) is 33.0 Å². The molecule has 0 radical (unpaired) electrons. The zero-order chi connectivity index (χ0) is 13.9. The molecule has 0 fully saturated rings. The molecule has 0 bridgehead atoms. The van der Waals surface area contributed by atoms with Gasteiger partial charge in [-0.15, -0.1) is 0 Å². The van der Waals surface area contributed by atoms with E-state index in [1.807, 2.05) is 31.7 Å². The minimum atomic E-state index is 0.357. The second-order valence-corrected chi connectivity index (χ2v) is 4.96. The van der Waals surface area contributed by atoms with Crippen LogP contribution in [-0.2, 0) is 13.1 Å². The SMILES string of the molecule is Cc1nccn1C[C@@H](C)NCc1cnc2cnccn12. The van der Waals surface area contributed by atoms with Gasteiger partial charge in [0.25, 0.3) is 0 Å². The van der Waals surface area contributed by atoms with Crippen molar-refractivity contribution in [1.29, 1.82) is 0 Å². The molecule has 0 aromatic carbocycles. The summed E-state index contributed by atoms with van der Waals surface area (Å²) in [6.45, 7) is 5.87. The van der Waals surface area contributed by atoms with Gasteiger partial charge >= 0.3 is 0 Å². The molecule has 104 valence electrons. The van der Waals surface area contributed by atoms with Crippen LogP contribution in [0.2, 0.25) is 0 Å². The van der Waals surface area contributed by atoms with Crippen molar-refractivity contribution in [2.24, 2.45) is 0 Å². The molecule has 3 heterocycles. The minimum Gasteiger partial charge on any atom is -0.334 e. The van der Waals surface area contributed by atoms with Gasteiger partial charge in [-0.1, -0.05) is 0 Å². The molecule has 0 aliphatic carbocycles. The molecular weight excluding hydrogens is 252 g/mol. The molecule has 6 heteroatoms. The molecule has 0 amide bonds. The number of hydrogen-bond acceptors (Lipinski definition) is 4. The van der Waals surface area contributed by atoms with E-state index in [0.29, 0.717) is 6.04 Å². The van der Waals surface area contributed by atoms with Crippen molar-refractivity contribution in [2.75, 3.05) is 0 Å². The minimum absolute atomic E-state index is 0.357. The van der Waals surface area contributed by atoms with Crippen LogP contribution in [0.3, 0.4) is 0 Å². The number of rotatable bonds is 5. The van der Waals surface area contributed by atoms with E-state index in [9.17, 15) is 0 Å². The Morgan fingerprint density at radius 2 is 2.10 bits per heavy atom. The van der Waals surface area contributed by atoms with Gasteiger partial charge in [0.05, 0.1) is 18.1 Å². The van der Waals surface area contributed by atoms with E-state index in [0.717, 1.165) is 30.3 Å². The van der Waals surface area contributed by atoms with Crippen molar-refractivity contribution in [3.05, 3.63) is 48.7 Å². The molecule has 3 rings (SSSR count). The third-order valence-electron chi connectivity index (χ3n) is 3.42. The summed E-state index contributed by atoms with van der Waals surface area (Å²) in [7, 11) is 0. The van der Waals surface area contributed by atoms with Gasteiger partial charge in [-0.2, -0.15) is 0 Å². The summed E-state index contributed by atoms with van der Waals surface area (Å²) in [4.78, 5) is 12.6. The summed E-state index contributed by atoms with van der Waals surface area (Å²) < 4.78 is 4.20. The van der Waals surface area contributed by atoms with Crippen LogP contribution >= 0.6 is 0 Å². The van der Waals surface area contributed by atoms with Crippen molar-refractivity contribution in [3.63, 3.8) is 0 Å². The van der Waals surface area contributed by atoms with Gasteiger partial charge in [0.2, 0.25) is 0 Å². The van der Waals surface area contributed by atoms with E-state index in [2.05, 4.69) is 36.2 Å². The lowest BCUT2D eigenvalue weighted by molar-refractivity contribution is 0.467. The molecule has 1 atom stereocenters. The van der Waals surface area contributed by atoms with E-state index in [-0.39, 0.29) is 0 Å². The largest absolute Gasteiger partial charge is 0.334 e. The predicted molar refractivity (Wildman–Crippen MR) is 76.3 cm³/mol. The van der Waals surface area contributed by atoms with Crippen LogP contribution in [-0.4, -0.2) is 30.0 Å². The highest BCUT2D eigenvalue weighted by molar-refractivity contribution is 5.36. The number of imidazole rings is 2. The van der Waals surface area contributed by atoms with Gasteiger partial charge < -0.3 is 9.88 Å². The Morgan fingerprint density at radius 3 is 2.90 bits per heavy atom. The lowest BCUT2D eigenvalue weighted by atomic mass is 10.3. The Kier molecular flexibility index (Phi) is 3.47. The first-order valence-electron chi connectivity index (χ1n) is 6.71. The maximum Gasteiger partial charge on any atom is 0.155 e. The van der Waals surface area contributed by atoms with E-state index >= 15 is 0 Å². The number of nitrogens with zero attached hydrogens (tertiary/aromatic N) is 5. The Hall–Kier alpha value is -2.21. The van der Waals surface area contributed by atoms with Crippen LogP contribution in [0.4, 0.5) is 0 Å². The molecule has 0 unspecified atom stereocenters. The number of hydrogen-bond donors (Lipinski definition) is 1. The van der Waals surface area contributed by atoms with E-state index in [4.69, 9.17) is 0 Å². The third-order valence-corrected chi connectivity index (χ3v) is 3.42. The van der Waals surface area contributed by atoms with E-state index in [1.165, 1.54) is 0 Å². The normalized spacial score (nSPS) is 12.9. The number of fused-ring (bicyclic) bond motifs is 1. The predicted octanol–water partition coefficient (Wildman–Crippen LogP) is 1.41. The van der Waals surface area contributed by atoms with Crippen LogP contribution in [0.15, 0.2) is 37.2 Å². The van der Waals surface area contributed by atoms with Crippen LogP contribution in [0, 0.1) is 6.92 Å². The van der Waals surface area contributed by atoms with Crippen LogP contribution < -0.4 is 5.32 Å². The van der Waals surface area contributed by atoms with Crippen LogP contribution in [0.1, 0.15) is 18.4 Å². The molecule has 0 saturated carbocycles. The Balaban J connectivity index is 1.63. The third kappa shape index (κ3) is 2.55. The average molecular weight is 270 g/mol. The van der Waals surface area contributed by atoms with E-state index < -0.39 is 0 Å². The molecular formula is C14H18N6. The first kappa shape index (κ1) is 12.8. The summed E-state index contributed by atoms with van der Waals surface area (Å²) in [5.74, 6) is 1.04.